The van der Waals surface area contributed by atoms with Crippen molar-refractivity contribution in [3.63, 3.8) is 0 Å². The Morgan fingerprint density at radius 2 is 2.00 bits per heavy atom. The molecule has 22 heavy (non-hydrogen) atoms. The minimum Gasteiger partial charge on any atom is -0.508 e. The van der Waals surface area contributed by atoms with Gasteiger partial charge in [-0.3, -0.25) is 4.79 Å². The second-order valence-electron chi connectivity index (χ2n) is 5.19. The van der Waals surface area contributed by atoms with E-state index in [0.29, 0.717) is 24.4 Å². The first-order valence-electron chi connectivity index (χ1n) is 7.15. The molecule has 1 atom stereocenters. The van der Waals surface area contributed by atoms with Crippen molar-refractivity contribution in [3.8, 4) is 11.5 Å². The maximum Gasteiger partial charge on any atom is 0.268 e. The number of nitrogens with zero attached hydrogens (tertiary/aromatic N) is 1. The predicted octanol–water partition coefficient (Wildman–Crippen LogP) is 2.91. The summed E-state index contributed by atoms with van der Waals surface area (Å²) in [6, 6.07) is 14.5. The molecule has 112 valence electrons. The Morgan fingerprint density at radius 1 is 1.23 bits per heavy atom. The van der Waals surface area contributed by atoms with Crippen molar-refractivity contribution < 1.29 is 14.6 Å². The van der Waals surface area contributed by atoms with Crippen molar-refractivity contribution in [1.29, 1.82) is 0 Å². The lowest BCUT2D eigenvalue weighted by atomic mass is 10.0. The van der Waals surface area contributed by atoms with Crippen LogP contribution in [0.3, 0.4) is 0 Å². The van der Waals surface area contributed by atoms with Crippen LogP contribution < -0.4 is 9.64 Å². The Balaban J connectivity index is 1.93. The second-order valence-corrected chi connectivity index (χ2v) is 5.19. The van der Waals surface area contributed by atoms with Crippen molar-refractivity contribution in [2.24, 2.45) is 0 Å². The average Bonchev–Trinajstić information content (AvgIpc) is 2.52. The third-order valence-electron chi connectivity index (χ3n) is 3.62. The van der Waals surface area contributed by atoms with Crippen molar-refractivity contribution in [2.45, 2.75) is 12.5 Å². The maximum absolute atomic E-state index is 12.7. The lowest BCUT2D eigenvalue weighted by molar-refractivity contribution is -0.126. The van der Waals surface area contributed by atoms with E-state index in [1.54, 1.807) is 23.1 Å². The van der Waals surface area contributed by atoms with Crippen LogP contribution in [0.15, 0.2) is 61.2 Å². The molecule has 4 nitrogen and oxygen atoms in total. The zero-order chi connectivity index (χ0) is 15.5. The Kier molecular flexibility index (Phi) is 3.83. The number of benzene rings is 2. The predicted molar refractivity (Wildman–Crippen MR) is 85.2 cm³/mol. The lowest BCUT2D eigenvalue weighted by Gasteiger charge is -2.34. The number of carbonyl (C=O) groups excluding carboxylic acids is 1. The largest absolute Gasteiger partial charge is 0.508 e. The molecule has 1 aliphatic rings. The number of hydrogen-bond acceptors (Lipinski definition) is 3. The molecule has 3 rings (SSSR count). The summed E-state index contributed by atoms with van der Waals surface area (Å²) in [5.41, 5.74) is 1.69. The van der Waals surface area contributed by atoms with Crippen LogP contribution in [0, 0.1) is 0 Å². The zero-order valence-electron chi connectivity index (χ0n) is 12.1. The number of ether oxygens (including phenoxy) is 1. The van der Waals surface area contributed by atoms with E-state index in [-0.39, 0.29) is 11.7 Å². The van der Waals surface area contributed by atoms with Crippen LogP contribution in [-0.2, 0) is 11.2 Å². The number of phenolic OH excluding ortho intramolecular Hbond substituents is 1. The average molecular weight is 295 g/mol. The summed E-state index contributed by atoms with van der Waals surface area (Å²) < 4.78 is 5.82. The first-order chi connectivity index (χ1) is 10.7. The van der Waals surface area contributed by atoms with E-state index in [1.165, 1.54) is 6.07 Å². The molecule has 0 spiro atoms. The van der Waals surface area contributed by atoms with Crippen LogP contribution in [0.4, 0.5) is 5.69 Å². The lowest BCUT2D eigenvalue weighted by Crippen LogP contribution is -2.47. The number of aromatic hydroxyl groups is 1. The molecule has 0 aliphatic carbocycles. The number of rotatable bonds is 4. The molecular weight excluding hydrogens is 278 g/mol. The molecule has 0 saturated carbocycles. The molecule has 1 amide bonds. The molecule has 0 fully saturated rings. The van der Waals surface area contributed by atoms with Gasteiger partial charge in [0.05, 0.1) is 5.69 Å². The number of anilines is 1. The molecule has 2 aromatic rings. The van der Waals surface area contributed by atoms with Gasteiger partial charge in [-0.1, -0.05) is 36.4 Å². The van der Waals surface area contributed by atoms with Gasteiger partial charge in [0, 0.05) is 19.0 Å². The minimum atomic E-state index is -0.600. The summed E-state index contributed by atoms with van der Waals surface area (Å²) in [7, 11) is 0. The summed E-state index contributed by atoms with van der Waals surface area (Å²) >= 11 is 0. The van der Waals surface area contributed by atoms with E-state index < -0.39 is 6.10 Å². The van der Waals surface area contributed by atoms with Gasteiger partial charge in [-0.2, -0.15) is 0 Å². The van der Waals surface area contributed by atoms with Gasteiger partial charge in [-0.15, -0.1) is 6.58 Å². The standard InChI is InChI=1S/C18H17NO3/c1-2-10-19-15-9-8-14(20)12-16(15)22-17(18(19)21)11-13-6-4-3-5-7-13/h2-9,12,17,20H,1,10-11H2. The van der Waals surface area contributed by atoms with Crippen molar-refractivity contribution in [3.05, 3.63) is 66.7 Å². The van der Waals surface area contributed by atoms with E-state index >= 15 is 0 Å². The molecule has 1 heterocycles. The van der Waals surface area contributed by atoms with Gasteiger partial charge in [0.2, 0.25) is 0 Å². The van der Waals surface area contributed by atoms with E-state index in [1.807, 2.05) is 30.3 Å². The summed E-state index contributed by atoms with van der Waals surface area (Å²) in [5.74, 6) is 0.537. The van der Waals surface area contributed by atoms with Crippen LogP contribution in [0.1, 0.15) is 5.56 Å². The van der Waals surface area contributed by atoms with Gasteiger partial charge < -0.3 is 14.7 Å². The summed E-state index contributed by atoms with van der Waals surface area (Å²) in [4.78, 5) is 14.3. The van der Waals surface area contributed by atoms with Crippen LogP contribution in [0.25, 0.3) is 0 Å². The highest BCUT2D eigenvalue weighted by molar-refractivity contribution is 6.00. The van der Waals surface area contributed by atoms with Crippen LogP contribution in [0.5, 0.6) is 11.5 Å². The monoisotopic (exact) mass is 295 g/mol. The quantitative estimate of drug-likeness (QED) is 0.882. The highest BCUT2D eigenvalue weighted by Gasteiger charge is 2.34. The van der Waals surface area contributed by atoms with Gasteiger partial charge in [-0.05, 0) is 17.7 Å². The van der Waals surface area contributed by atoms with E-state index in [2.05, 4.69) is 6.58 Å². The highest BCUT2D eigenvalue weighted by Crippen LogP contribution is 2.37. The Morgan fingerprint density at radius 3 is 2.73 bits per heavy atom. The first-order valence-corrected chi connectivity index (χ1v) is 7.15. The van der Waals surface area contributed by atoms with Gasteiger partial charge in [0.1, 0.15) is 11.5 Å². The molecule has 4 heteroatoms. The van der Waals surface area contributed by atoms with Gasteiger partial charge >= 0.3 is 0 Å². The summed E-state index contributed by atoms with van der Waals surface area (Å²) in [6.45, 7) is 4.11. The molecule has 0 aromatic heterocycles. The maximum atomic E-state index is 12.7. The third kappa shape index (κ3) is 2.68. The third-order valence-corrected chi connectivity index (χ3v) is 3.62. The smallest absolute Gasteiger partial charge is 0.268 e. The normalized spacial score (nSPS) is 16.8. The van der Waals surface area contributed by atoms with Gasteiger partial charge in [-0.25, -0.2) is 0 Å². The molecule has 0 bridgehead atoms. The molecule has 0 saturated heterocycles. The molecule has 1 N–H and O–H groups in total. The molecule has 2 aromatic carbocycles. The number of fused-ring (bicyclic) bond motifs is 1. The van der Waals surface area contributed by atoms with Crippen LogP contribution in [-0.4, -0.2) is 23.7 Å². The molecule has 0 radical (unpaired) electrons. The second kappa shape index (κ2) is 5.93. The van der Waals surface area contributed by atoms with Gasteiger partial charge in [0.15, 0.2) is 6.10 Å². The van der Waals surface area contributed by atoms with E-state index in [9.17, 15) is 9.90 Å². The Bertz CT molecular complexity index is 697. The Hall–Kier alpha value is -2.75. The molecule has 1 aliphatic heterocycles. The van der Waals surface area contributed by atoms with Crippen molar-refractivity contribution >= 4 is 11.6 Å². The van der Waals surface area contributed by atoms with E-state index in [4.69, 9.17) is 4.74 Å². The van der Waals surface area contributed by atoms with Crippen LogP contribution in [0.2, 0.25) is 0 Å². The van der Waals surface area contributed by atoms with Crippen LogP contribution >= 0.6 is 0 Å². The zero-order valence-corrected chi connectivity index (χ0v) is 12.1. The topological polar surface area (TPSA) is 49.8 Å². The van der Waals surface area contributed by atoms with E-state index in [0.717, 1.165) is 5.56 Å². The summed E-state index contributed by atoms with van der Waals surface area (Å²) in [6.07, 6.45) is 1.57. The number of phenols is 1. The number of carbonyl (C=O) groups is 1. The van der Waals surface area contributed by atoms with Gasteiger partial charge in [0.25, 0.3) is 5.91 Å². The fourth-order valence-electron chi connectivity index (χ4n) is 2.59. The first kappa shape index (κ1) is 14.2. The molecule has 1 unspecified atom stereocenters. The minimum absolute atomic E-state index is 0.0954. The number of amides is 1. The Labute approximate surface area is 129 Å². The van der Waals surface area contributed by atoms with Crippen molar-refractivity contribution in [2.75, 3.05) is 11.4 Å². The fourth-order valence-corrected chi connectivity index (χ4v) is 2.59. The molecular formula is C18H17NO3. The number of hydrogen-bond donors (Lipinski definition) is 1. The SMILES string of the molecule is C=CCN1C(=O)C(Cc2ccccc2)Oc2cc(O)ccc21. The van der Waals surface area contributed by atoms with Crippen molar-refractivity contribution in [1.82, 2.24) is 0 Å². The fraction of sp³-hybridized carbons (Fsp3) is 0.167. The summed E-state index contributed by atoms with van der Waals surface area (Å²) in [5, 5.41) is 9.64. The highest BCUT2D eigenvalue weighted by atomic mass is 16.5.